The predicted molar refractivity (Wildman–Crippen MR) is 115 cm³/mol. The van der Waals surface area contributed by atoms with E-state index in [4.69, 9.17) is 9.47 Å². The monoisotopic (exact) mass is 426 g/mol. The predicted octanol–water partition coefficient (Wildman–Crippen LogP) is 2.19. The van der Waals surface area contributed by atoms with Crippen molar-refractivity contribution >= 4 is 11.8 Å². The van der Waals surface area contributed by atoms with Crippen molar-refractivity contribution in [1.82, 2.24) is 19.8 Å². The summed E-state index contributed by atoms with van der Waals surface area (Å²) in [4.78, 5) is 32.1. The zero-order valence-corrected chi connectivity index (χ0v) is 18.3. The quantitative estimate of drug-likeness (QED) is 0.792. The summed E-state index contributed by atoms with van der Waals surface area (Å²) in [6, 6.07) is 7.20. The number of ether oxygens (including phenoxy) is 2. The van der Waals surface area contributed by atoms with Gasteiger partial charge in [0.1, 0.15) is 17.2 Å². The molecule has 2 amide bonds. The van der Waals surface area contributed by atoms with Crippen LogP contribution in [0.1, 0.15) is 42.9 Å². The Balaban J connectivity index is 1.48. The lowest BCUT2D eigenvalue weighted by molar-refractivity contribution is -0.172. The average Bonchev–Trinajstić information content (AvgIpc) is 3.27. The van der Waals surface area contributed by atoms with Gasteiger partial charge in [-0.2, -0.15) is 0 Å². The lowest BCUT2D eigenvalue weighted by Gasteiger charge is -2.45. The number of carbonyl (C=O) groups is 2. The maximum absolute atomic E-state index is 13.0. The molecule has 1 spiro atoms. The van der Waals surface area contributed by atoms with E-state index in [1.54, 1.807) is 25.4 Å². The van der Waals surface area contributed by atoms with Gasteiger partial charge in [0.05, 0.1) is 13.7 Å². The third-order valence-corrected chi connectivity index (χ3v) is 6.01. The fourth-order valence-electron chi connectivity index (χ4n) is 4.30. The van der Waals surface area contributed by atoms with Crippen LogP contribution in [-0.4, -0.2) is 59.1 Å². The lowest BCUT2D eigenvalue weighted by Crippen LogP contribution is -2.55. The molecule has 1 fully saturated rings. The summed E-state index contributed by atoms with van der Waals surface area (Å²) in [7, 11) is 1.59. The molecule has 0 unspecified atom stereocenters. The van der Waals surface area contributed by atoms with Crippen molar-refractivity contribution in [2.75, 3.05) is 26.7 Å². The van der Waals surface area contributed by atoms with Gasteiger partial charge in [-0.1, -0.05) is 19.9 Å². The number of methoxy groups -OCH3 is 1. The van der Waals surface area contributed by atoms with Crippen molar-refractivity contribution in [1.29, 1.82) is 0 Å². The molecular weight excluding hydrogens is 396 g/mol. The van der Waals surface area contributed by atoms with E-state index < -0.39 is 11.7 Å². The standard InChI is InChI=1S/C23H30N4O4/c1-16(2)14-25-20(28)19-15-27-12-9-24-22(27)23(31-19)7-10-26(11-8-23)21(29)17-5-4-6-18(13-17)30-3/h4-6,9,12-13,16,19H,7-8,10-11,14-15H2,1-3H3,(H,25,28)/t19-/m0/s1. The molecule has 0 aliphatic carbocycles. The van der Waals surface area contributed by atoms with Gasteiger partial charge >= 0.3 is 0 Å². The van der Waals surface area contributed by atoms with Crippen molar-refractivity contribution in [2.45, 2.75) is 44.9 Å². The van der Waals surface area contributed by atoms with E-state index in [9.17, 15) is 9.59 Å². The van der Waals surface area contributed by atoms with E-state index in [-0.39, 0.29) is 11.8 Å². The third kappa shape index (κ3) is 4.30. The van der Waals surface area contributed by atoms with E-state index in [1.807, 2.05) is 27.8 Å². The second kappa shape index (κ2) is 8.70. The molecule has 1 aromatic carbocycles. The van der Waals surface area contributed by atoms with Crippen molar-refractivity contribution in [3.05, 3.63) is 48.0 Å². The minimum absolute atomic E-state index is 0.0286. The maximum Gasteiger partial charge on any atom is 0.253 e. The highest BCUT2D eigenvalue weighted by molar-refractivity contribution is 5.94. The van der Waals surface area contributed by atoms with Crippen LogP contribution in [0.2, 0.25) is 0 Å². The molecule has 8 nitrogen and oxygen atoms in total. The molecule has 2 aliphatic heterocycles. The Labute approximate surface area is 182 Å². The highest BCUT2D eigenvalue weighted by Crippen LogP contribution is 2.40. The highest BCUT2D eigenvalue weighted by Gasteiger charge is 2.47. The van der Waals surface area contributed by atoms with Crippen LogP contribution in [0.3, 0.4) is 0 Å². The molecule has 1 N–H and O–H groups in total. The number of likely N-dealkylation sites (tertiary alicyclic amines) is 1. The third-order valence-electron chi connectivity index (χ3n) is 6.01. The molecule has 2 aromatic rings. The van der Waals surface area contributed by atoms with Crippen LogP contribution in [0.15, 0.2) is 36.7 Å². The summed E-state index contributed by atoms with van der Waals surface area (Å²) in [5.41, 5.74) is -0.0560. The summed E-state index contributed by atoms with van der Waals surface area (Å²) in [6.07, 6.45) is 4.26. The molecular formula is C23H30N4O4. The number of nitrogens with one attached hydrogen (secondary N) is 1. The summed E-state index contributed by atoms with van der Waals surface area (Å²) in [5.74, 6) is 1.75. The molecule has 4 rings (SSSR count). The van der Waals surface area contributed by atoms with Gasteiger partial charge in [-0.25, -0.2) is 4.98 Å². The van der Waals surface area contributed by atoms with Crippen LogP contribution in [0, 0.1) is 5.92 Å². The Morgan fingerprint density at radius 2 is 2.10 bits per heavy atom. The van der Waals surface area contributed by atoms with Gasteiger partial charge in [0.2, 0.25) is 0 Å². The number of rotatable bonds is 5. The van der Waals surface area contributed by atoms with Crippen molar-refractivity contribution in [2.24, 2.45) is 5.92 Å². The SMILES string of the molecule is COc1cccc(C(=O)N2CCC3(CC2)O[C@H](C(=O)NCC(C)C)Cn2ccnc23)c1. The molecule has 8 heteroatoms. The summed E-state index contributed by atoms with van der Waals surface area (Å²) in [6.45, 7) is 6.25. The van der Waals surface area contributed by atoms with Gasteiger partial charge in [0, 0.05) is 50.4 Å². The van der Waals surface area contributed by atoms with Crippen molar-refractivity contribution in [3.63, 3.8) is 0 Å². The second-order valence-electron chi connectivity index (χ2n) is 8.67. The Hall–Kier alpha value is -2.87. The van der Waals surface area contributed by atoms with Crippen LogP contribution < -0.4 is 10.1 Å². The summed E-state index contributed by atoms with van der Waals surface area (Å²) < 4.78 is 13.7. The first-order valence-electron chi connectivity index (χ1n) is 10.8. The van der Waals surface area contributed by atoms with Crippen LogP contribution in [0.4, 0.5) is 0 Å². The zero-order valence-electron chi connectivity index (χ0n) is 18.3. The van der Waals surface area contributed by atoms with Gasteiger partial charge in [-0.3, -0.25) is 9.59 Å². The van der Waals surface area contributed by atoms with E-state index in [0.29, 0.717) is 56.3 Å². The number of amides is 2. The van der Waals surface area contributed by atoms with Gasteiger partial charge < -0.3 is 24.3 Å². The fraction of sp³-hybridized carbons (Fsp3) is 0.522. The number of nitrogens with zero attached hydrogens (tertiary/aromatic N) is 3. The van der Waals surface area contributed by atoms with Crippen LogP contribution in [0.25, 0.3) is 0 Å². The van der Waals surface area contributed by atoms with E-state index in [2.05, 4.69) is 24.1 Å². The number of piperidine rings is 1. The van der Waals surface area contributed by atoms with E-state index in [0.717, 1.165) is 5.82 Å². The molecule has 3 heterocycles. The largest absolute Gasteiger partial charge is 0.497 e. The van der Waals surface area contributed by atoms with Crippen molar-refractivity contribution in [3.8, 4) is 5.75 Å². The lowest BCUT2D eigenvalue weighted by atomic mass is 9.88. The second-order valence-corrected chi connectivity index (χ2v) is 8.67. The van der Waals surface area contributed by atoms with Crippen molar-refractivity contribution < 1.29 is 19.1 Å². The molecule has 1 aromatic heterocycles. The fourth-order valence-corrected chi connectivity index (χ4v) is 4.30. The highest BCUT2D eigenvalue weighted by atomic mass is 16.5. The Kier molecular flexibility index (Phi) is 6.00. The molecule has 1 saturated heterocycles. The van der Waals surface area contributed by atoms with Gasteiger partial charge in [0.25, 0.3) is 11.8 Å². The first-order valence-corrected chi connectivity index (χ1v) is 10.8. The Morgan fingerprint density at radius 1 is 1.32 bits per heavy atom. The number of carbonyl (C=O) groups excluding carboxylic acids is 2. The normalized spacial score (nSPS) is 19.9. The summed E-state index contributed by atoms with van der Waals surface area (Å²) in [5, 5.41) is 2.98. The number of hydrogen-bond donors (Lipinski definition) is 1. The van der Waals surface area contributed by atoms with E-state index >= 15 is 0 Å². The van der Waals surface area contributed by atoms with Crippen LogP contribution >= 0.6 is 0 Å². The number of benzene rings is 1. The number of fused-ring (bicyclic) bond motifs is 2. The molecule has 0 saturated carbocycles. The molecule has 166 valence electrons. The average molecular weight is 427 g/mol. The topological polar surface area (TPSA) is 85.7 Å². The first kappa shape index (κ1) is 21.4. The smallest absolute Gasteiger partial charge is 0.253 e. The zero-order chi connectivity index (χ0) is 22.0. The molecule has 31 heavy (non-hydrogen) atoms. The Morgan fingerprint density at radius 3 is 2.81 bits per heavy atom. The van der Waals surface area contributed by atoms with Gasteiger partial charge in [-0.05, 0) is 24.1 Å². The van der Waals surface area contributed by atoms with Crippen LogP contribution in [-0.2, 0) is 21.7 Å². The first-order chi connectivity index (χ1) is 14.9. The minimum atomic E-state index is -0.660. The van der Waals surface area contributed by atoms with E-state index in [1.165, 1.54) is 0 Å². The molecule has 0 radical (unpaired) electrons. The number of aromatic nitrogens is 2. The summed E-state index contributed by atoms with van der Waals surface area (Å²) >= 11 is 0. The number of imidazole rings is 1. The minimum Gasteiger partial charge on any atom is -0.497 e. The van der Waals surface area contributed by atoms with Gasteiger partial charge in [0.15, 0.2) is 6.10 Å². The van der Waals surface area contributed by atoms with Gasteiger partial charge in [-0.15, -0.1) is 0 Å². The number of hydrogen-bond acceptors (Lipinski definition) is 5. The molecule has 2 aliphatic rings. The maximum atomic E-state index is 13.0. The molecule has 0 bridgehead atoms. The Bertz CT molecular complexity index is 947. The van der Waals surface area contributed by atoms with Crippen LogP contribution in [0.5, 0.6) is 5.75 Å². The molecule has 1 atom stereocenters.